The zero-order chi connectivity index (χ0) is 15.4. The van der Waals surface area contributed by atoms with Crippen LogP contribution in [-0.4, -0.2) is 15.4 Å². The molecule has 0 fully saturated rings. The summed E-state index contributed by atoms with van der Waals surface area (Å²) in [6.07, 6.45) is 4.10. The van der Waals surface area contributed by atoms with E-state index in [0.29, 0.717) is 17.7 Å². The van der Waals surface area contributed by atoms with E-state index in [1.54, 1.807) is 19.1 Å². The molecule has 0 aliphatic heterocycles. The third-order valence-electron chi connectivity index (χ3n) is 3.39. The molecule has 0 radical (unpaired) electrons. The standard InChI is InChI=1S/C15H17N3O3/c1-11(17-8-3-4-9-17)10-15(19)16-13-6-5-7-14(12(13)2)18(20)21/h3-9,11H,10H2,1-2H3,(H,16,19). The first-order chi connectivity index (χ1) is 9.99. The number of benzene rings is 1. The van der Waals surface area contributed by atoms with Gasteiger partial charge in [-0.1, -0.05) is 6.07 Å². The number of aromatic nitrogens is 1. The van der Waals surface area contributed by atoms with Gasteiger partial charge >= 0.3 is 0 Å². The van der Waals surface area contributed by atoms with Gasteiger partial charge in [0.1, 0.15) is 0 Å². The van der Waals surface area contributed by atoms with Gasteiger partial charge in [-0.2, -0.15) is 0 Å². The van der Waals surface area contributed by atoms with Crippen LogP contribution in [0.4, 0.5) is 11.4 Å². The Bertz CT molecular complexity index is 650. The fourth-order valence-corrected chi connectivity index (χ4v) is 2.17. The van der Waals surface area contributed by atoms with Gasteiger partial charge in [0.25, 0.3) is 5.69 Å². The van der Waals surface area contributed by atoms with Crippen LogP contribution in [0.25, 0.3) is 0 Å². The molecule has 0 spiro atoms. The van der Waals surface area contributed by atoms with E-state index in [9.17, 15) is 14.9 Å². The molecular weight excluding hydrogens is 270 g/mol. The maximum Gasteiger partial charge on any atom is 0.274 e. The highest BCUT2D eigenvalue weighted by molar-refractivity contribution is 5.92. The van der Waals surface area contributed by atoms with Gasteiger partial charge in [0.15, 0.2) is 0 Å². The van der Waals surface area contributed by atoms with Crippen LogP contribution in [0.3, 0.4) is 0 Å². The van der Waals surface area contributed by atoms with Crippen LogP contribution in [-0.2, 0) is 4.79 Å². The van der Waals surface area contributed by atoms with Crippen LogP contribution in [0.15, 0.2) is 42.7 Å². The van der Waals surface area contributed by atoms with Crippen molar-refractivity contribution in [2.24, 2.45) is 0 Å². The average Bonchev–Trinajstić information content (AvgIpc) is 2.94. The van der Waals surface area contributed by atoms with Gasteiger partial charge in [0, 0.05) is 30.9 Å². The van der Waals surface area contributed by atoms with Crippen molar-refractivity contribution < 1.29 is 9.72 Å². The molecule has 0 aliphatic rings. The second-order valence-electron chi connectivity index (χ2n) is 4.94. The summed E-state index contributed by atoms with van der Waals surface area (Å²) in [5, 5.41) is 13.6. The van der Waals surface area contributed by atoms with Gasteiger partial charge in [0.2, 0.25) is 5.91 Å². The summed E-state index contributed by atoms with van der Waals surface area (Å²) in [5.41, 5.74) is 0.949. The Morgan fingerprint density at radius 3 is 2.62 bits per heavy atom. The van der Waals surface area contributed by atoms with Crippen LogP contribution in [0.1, 0.15) is 24.9 Å². The van der Waals surface area contributed by atoms with Crippen molar-refractivity contribution in [3.63, 3.8) is 0 Å². The molecule has 0 saturated carbocycles. The lowest BCUT2D eigenvalue weighted by Gasteiger charge is -2.14. The van der Waals surface area contributed by atoms with E-state index in [1.807, 2.05) is 36.0 Å². The first-order valence-electron chi connectivity index (χ1n) is 6.65. The minimum Gasteiger partial charge on any atom is -0.351 e. The fraction of sp³-hybridized carbons (Fsp3) is 0.267. The molecule has 110 valence electrons. The van der Waals surface area contributed by atoms with Crippen molar-refractivity contribution in [2.75, 3.05) is 5.32 Å². The molecule has 1 unspecified atom stereocenters. The van der Waals surface area contributed by atoms with E-state index in [2.05, 4.69) is 5.32 Å². The Hall–Kier alpha value is -2.63. The number of nitrogens with one attached hydrogen (secondary N) is 1. The van der Waals surface area contributed by atoms with E-state index >= 15 is 0 Å². The number of carbonyl (C=O) groups is 1. The largest absolute Gasteiger partial charge is 0.351 e. The molecular formula is C15H17N3O3. The number of nitrogens with zero attached hydrogens (tertiary/aromatic N) is 2. The lowest BCUT2D eigenvalue weighted by atomic mass is 10.1. The Labute approximate surface area is 122 Å². The molecule has 1 heterocycles. The molecule has 0 saturated heterocycles. The molecule has 1 atom stereocenters. The summed E-state index contributed by atoms with van der Waals surface area (Å²) >= 11 is 0. The molecule has 1 aromatic carbocycles. The summed E-state index contributed by atoms with van der Waals surface area (Å²) in [7, 11) is 0. The molecule has 2 rings (SSSR count). The monoisotopic (exact) mass is 287 g/mol. The lowest BCUT2D eigenvalue weighted by Crippen LogP contribution is -2.17. The van der Waals surface area contributed by atoms with Crippen LogP contribution in [0.5, 0.6) is 0 Å². The highest BCUT2D eigenvalue weighted by atomic mass is 16.6. The second kappa shape index (κ2) is 6.21. The molecule has 0 bridgehead atoms. The minimum absolute atomic E-state index is 0.00579. The first-order valence-corrected chi connectivity index (χ1v) is 6.65. The van der Waals surface area contributed by atoms with Crippen molar-refractivity contribution in [3.8, 4) is 0 Å². The van der Waals surface area contributed by atoms with Crippen LogP contribution >= 0.6 is 0 Å². The van der Waals surface area contributed by atoms with Gasteiger partial charge in [-0.15, -0.1) is 0 Å². The van der Waals surface area contributed by atoms with E-state index in [1.165, 1.54) is 6.07 Å². The van der Waals surface area contributed by atoms with E-state index in [0.717, 1.165) is 0 Å². The molecule has 1 N–H and O–H groups in total. The predicted molar refractivity (Wildman–Crippen MR) is 80.2 cm³/mol. The van der Waals surface area contributed by atoms with Crippen molar-refractivity contribution in [1.29, 1.82) is 0 Å². The Balaban J connectivity index is 2.06. The summed E-state index contributed by atoms with van der Waals surface area (Å²) in [6.45, 7) is 3.57. The number of nitro benzene ring substituents is 1. The van der Waals surface area contributed by atoms with E-state index < -0.39 is 4.92 Å². The number of nitro groups is 1. The smallest absolute Gasteiger partial charge is 0.274 e. The molecule has 1 amide bonds. The maximum atomic E-state index is 12.1. The Kier molecular flexibility index (Phi) is 4.37. The molecule has 6 heteroatoms. The topological polar surface area (TPSA) is 77.2 Å². The predicted octanol–water partition coefficient (Wildman–Crippen LogP) is 3.29. The number of amides is 1. The molecule has 1 aromatic heterocycles. The molecule has 6 nitrogen and oxygen atoms in total. The highest BCUT2D eigenvalue weighted by Crippen LogP contribution is 2.25. The van der Waals surface area contributed by atoms with Gasteiger partial charge in [-0.05, 0) is 32.0 Å². The number of hydrogen-bond donors (Lipinski definition) is 1. The normalized spacial score (nSPS) is 11.9. The quantitative estimate of drug-likeness (QED) is 0.677. The highest BCUT2D eigenvalue weighted by Gasteiger charge is 2.16. The van der Waals surface area contributed by atoms with Crippen molar-refractivity contribution in [3.05, 3.63) is 58.4 Å². The Morgan fingerprint density at radius 2 is 2.00 bits per heavy atom. The maximum absolute atomic E-state index is 12.1. The van der Waals surface area contributed by atoms with Gasteiger partial charge in [0.05, 0.1) is 16.2 Å². The summed E-state index contributed by atoms with van der Waals surface area (Å²) < 4.78 is 1.94. The SMILES string of the molecule is Cc1c(NC(=O)CC(C)n2cccc2)cccc1[N+](=O)[O-]. The van der Waals surface area contributed by atoms with Crippen LogP contribution in [0, 0.1) is 17.0 Å². The summed E-state index contributed by atoms with van der Waals surface area (Å²) in [5.74, 6) is -0.167. The van der Waals surface area contributed by atoms with E-state index in [-0.39, 0.29) is 17.6 Å². The lowest BCUT2D eigenvalue weighted by molar-refractivity contribution is -0.385. The zero-order valence-corrected chi connectivity index (χ0v) is 11.9. The second-order valence-corrected chi connectivity index (χ2v) is 4.94. The molecule has 0 aliphatic carbocycles. The number of hydrogen-bond acceptors (Lipinski definition) is 3. The number of anilines is 1. The van der Waals surface area contributed by atoms with Crippen LogP contribution in [0.2, 0.25) is 0 Å². The van der Waals surface area contributed by atoms with Gasteiger partial charge in [-0.3, -0.25) is 14.9 Å². The summed E-state index contributed by atoms with van der Waals surface area (Å²) in [4.78, 5) is 22.5. The average molecular weight is 287 g/mol. The third kappa shape index (κ3) is 3.47. The Morgan fingerprint density at radius 1 is 1.33 bits per heavy atom. The van der Waals surface area contributed by atoms with Crippen molar-refractivity contribution >= 4 is 17.3 Å². The van der Waals surface area contributed by atoms with Crippen LogP contribution < -0.4 is 5.32 Å². The van der Waals surface area contributed by atoms with Crippen molar-refractivity contribution in [1.82, 2.24) is 4.57 Å². The zero-order valence-electron chi connectivity index (χ0n) is 11.9. The molecule has 2 aromatic rings. The summed E-state index contributed by atoms with van der Waals surface area (Å²) in [6, 6.07) is 8.49. The number of carbonyl (C=O) groups excluding carboxylic acids is 1. The van der Waals surface area contributed by atoms with E-state index in [4.69, 9.17) is 0 Å². The third-order valence-corrected chi connectivity index (χ3v) is 3.39. The van der Waals surface area contributed by atoms with Gasteiger partial charge in [-0.25, -0.2) is 0 Å². The fourth-order valence-electron chi connectivity index (χ4n) is 2.17. The van der Waals surface area contributed by atoms with Crippen molar-refractivity contribution in [2.45, 2.75) is 26.3 Å². The van der Waals surface area contributed by atoms with Gasteiger partial charge < -0.3 is 9.88 Å². The minimum atomic E-state index is -0.451. The number of rotatable bonds is 5. The first kappa shape index (κ1) is 14.8. The molecule has 21 heavy (non-hydrogen) atoms.